The molecule has 0 saturated heterocycles. The molecule has 16 heavy (non-hydrogen) atoms. The summed E-state index contributed by atoms with van der Waals surface area (Å²) in [6.45, 7) is 6.42. The van der Waals surface area contributed by atoms with Crippen molar-refractivity contribution < 1.29 is 9.47 Å². The van der Waals surface area contributed by atoms with Crippen LogP contribution in [-0.2, 0) is 5.41 Å². The van der Waals surface area contributed by atoms with Gasteiger partial charge in [-0.3, -0.25) is 4.98 Å². The van der Waals surface area contributed by atoms with Crippen LogP contribution in [0.25, 0.3) is 0 Å². The molecule has 0 spiro atoms. The van der Waals surface area contributed by atoms with Gasteiger partial charge in [-0.1, -0.05) is 20.8 Å². The summed E-state index contributed by atoms with van der Waals surface area (Å²) in [4.78, 5) is 4.40. The van der Waals surface area contributed by atoms with E-state index in [9.17, 15) is 0 Å². The fourth-order valence-corrected chi connectivity index (χ4v) is 1.45. The van der Waals surface area contributed by atoms with Crippen LogP contribution < -0.4 is 9.47 Å². The van der Waals surface area contributed by atoms with Crippen molar-refractivity contribution >= 4 is 0 Å². The fraction of sp³-hybridized carbons (Fsp3) is 0.615. The van der Waals surface area contributed by atoms with E-state index in [2.05, 4.69) is 25.8 Å². The van der Waals surface area contributed by atoms with Crippen molar-refractivity contribution in [3.8, 4) is 11.5 Å². The molecule has 0 unspecified atom stereocenters. The van der Waals surface area contributed by atoms with Gasteiger partial charge in [0, 0.05) is 17.2 Å². The van der Waals surface area contributed by atoms with Gasteiger partial charge in [-0.25, -0.2) is 0 Å². The van der Waals surface area contributed by atoms with E-state index in [1.165, 1.54) is 0 Å². The van der Waals surface area contributed by atoms with E-state index in [0.717, 1.165) is 30.0 Å². The van der Waals surface area contributed by atoms with E-state index in [1.54, 1.807) is 13.3 Å². The van der Waals surface area contributed by atoms with E-state index >= 15 is 0 Å². The van der Waals surface area contributed by atoms with E-state index < -0.39 is 0 Å². The quantitative estimate of drug-likeness (QED) is 0.786. The average molecular weight is 221 g/mol. The zero-order valence-electron chi connectivity index (χ0n) is 10.4. The standard InChI is InChI=1S/C13H19NO2/c1-13(2,3)12-7-10(16-9-5-6-9)11(15-4)8-14-12/h7-9H,5-6H2,1-4H3. The van der Waals surface area contributed by atoms with Crippen molar-refractivity contribution in [1.29, 1.82) is 0 Å². The van der Waals surface area contributed by atoms with Crippen LogP contribution in [-0.4, -0.2) is 18.2 Å². The Morgan fingerprint density at radius 2 is 1.94 bits per heavy atom. The maximum absolute atomic E-state index is 5.82. The SMILES string of the molecule is COc1cnc(C(C)(C)C)cc1OC1CC1. The molecule has 0 aromatic carbocycles. The zero-order chi connectivity index (χ0) is 11.8. The average Bonchev–Trinajstić information content (AvgIpc) is 3.00. The lowest BCUT2D eigenvalue weighted by Gasteiger charge is -2.19. The molecular formula is C13H19NO2. The van der Waals surface area contributed by atoms with Crippen LogP contribution in [0.2, 0.25) is 0 Å². The predicted molar refractivity (Wildman–Crippen MR) is 63.1 cm³/mol. The highest BCUT2D eigenvalue weighted by molar-refractivity contribution is 5.40. The monoisotopic (exact) mass is 221 g/mol. The molecule has 1 aliphatic rings. The molecule has 0 N–H and O–H groups in total. The number of rotatable bonds is 3. The minimum Gasteiger partial charge on any atom is -0.491 e. The number of hydrogen-bond donors (Lipinski definition) is 0. The van der Waals surface area contributed by atoms with Gasteiger partial charge < -0.3 is 9.47 Å². The second-order valence-corrected chi connectivity index (χ2v) is 5.29. The summed E-state index contributed by atoms with van der Waals surface area (Å²) in [6.07, 6.45) is 4.43. The molecular weight excluding hydrogens is 202 g/mol. The molecule has 1 fully saturated rings. The normalized spacial score (nSPS) is 16.0. The first kappa shape index (κ1) is 11.2. The summed E-state index contributed by atoms with van der Waals surface area (Å²) in [6, 6.07) is 2.00. The summed E-state index contributed by atoms with van der Waals surface area (Å²) in [5.41, 5.74) is 1.07. The van der Waals surface area contributed by atoms with Gasteiger partial charge in [-0.15, -0.1) is 0 Å². The molecule has 1 aromatic rings. The lowest BCUT2D eigenvalue weighted by atomic mass is 9.91. The number of hydrogen-bond acceptors (Lipinski definition) is 3. The molecule has 0 amide bonds. The molecule has 1 saturated carbocycles. The first-order chi connectivity index (χ1) is 7.50. The third-order valence-electron chi connectivity index (χ3n) is 2.64. The Balaban J connectivity index is 2.29. The number of aromatic nitrogens is 1. The lowest BCUT2D eigenvalue weighted by molar-refractivity contribution is 0.280. The molecule has 1 aliphatic carbocycles. The molecule has 0 atom stereocenters. The van der Waals surface area contributed by atoms with Gasteiger partial charge in [0.15, 0.2) is 11.5 Å². The summed E-state index contributed by atoms with van der Waals surface area (Å²) in [5.74, 6) is 1.55. The van der Waals surface area contributed by atoms with E-state index in [1.807, 2.05) is 6.07 Å². The van der Waals surface area contributed by atoms with Crippen LogP contribution in [0.5, 0.6) is 11.5 Å². The highest BCUT2D eigenvalue weighted by Crippen LogP contribution is 2.35. The Morgan fingerprint density at radius 3 is 2.44 bits per heavy atom. The molecule has 0 aliphatic heterocycles. The summed E-state index contributed by atoms with van der Waals surface area (Å²) in [5, 5.41) is 0. The van der Waals surface area contributed by atoms with Gasteiger partial charge in [-0.05, 0) is 12.8 Å². The zero-order valence-corrected chi connectivity index (χ0v) is 10.4. The van der Waals surface area contributed by atoms with Crippen LogP contribution in [0.3, 0.4) is 0 Å². The predicted octanol–water partition coefficient (Wildman–Crippen LogP) is 2.93. The maximum atomic E-state index is 5.82. The van der Waals surface area contributed by atoms with Crippen LogP contribution in [0.15, 0.2) is 12.3 Å². The number of methoxy groups -OCH3 is 1. The Bertz CT molecular complexity index is 378. The minimum atomic E-state index is 0.0356. The van der Waals surface area contributed by atoms with Gasteiger partial charge >= 0.3 is 0 Å². The summed E-state index contributed by atoms with van der Waals surface area (Å²) in [7, 11) is 1.65. The lowest BCUT2D eigenvalue weighted by Crippen LogP contribution is -2.14. The Hall–Kier alpha value is -1.25. The number of pyridine rings is 1. The summed E-state index contributed by atoms with van der Waals surface area (Å²) >= 11 is 0. The maximum Gasteiger partial charge on any atom is 0.179 e. The molecule has 3 nitrogen and oxygen atoms in total. The second kappa shape index (κ2) is 3.96. The van der Waals surface area contributed by atoms with Gasteiger partial charge in [0.05, 0.1) is 19.4 Å². The van der Waals surface area contributed by atoms with Crippen molar-refractivity contribution in [3.05, 3.63) is 18.0 Å². The first-order valence-corrected chi connectivity index (χ1v) is 5.72. The third kappa shape index (κ3) is 2.46. The van der Waals surface area contributed by atoms with Crippen LogP contribution >= 0.6 is 0 Å². The molecule has 88 valence electrons. The van der Waals surface area contributed by atoms with Crippen molar-refractivity contribution in [2.75, 3.05) is 7.11 Å². The van der Waals surface area contributed by atoms with Gasteiger partial charge in [0.1, 0.15) is 0 Å². The highest BCUT2D eigenvalue weighted by Gasteiger charge is 2.26. The van der Waals surface area contributed by atoms with Crippen LogP contribution in [0.1, 0.15) is 39.3 Å². The third-order valence-corrected chi connectivity index (χ3v) is 2.64. The van der Waals surface area contributed by atoms with Crippen molar-refractivity contribution in [2.45, 2.75) is 45.1 Å². The highest BCUT2D eigenvalue weighted by atomic mass is 16.5. The molecule has 3 heteroatoms. The van der Waals surface area contributed by atoms with Crippen molar-refractivity contribution in [2.24, 2.45) is 0 Å². The molecule has 1 heterocycles. The Kier molecular flexibility index (Phi) is 2.78. The topological polar surface area (TPSA) is 31.4 Å². The van der Waals surface area contributed by atoms with Crippen LogP contribution in [0.4, 0.5) is 0 Å². The van der Waals surface area contributed by atoms with Gasteiger partial charge in [-0.2, -0.15) is 0 Å². The Morgan fingerprint density at radius 1 is 1.25 bits per heavy atom. The Labute approximate surface area is 96.8 Å². The molecule has 0 bridgehead atoms. The number of ether oxygens (including phenoxy) is 2. The van der Waals surface area contributed by atoms with Crippen LogP contribution in [0, 0.1) is 0 Å². The summed E-state index contributed by atoms with van der Waals surface area (Å²) < 4.78 is 11.1. The minimum absolute atomic E-state index is 0.0356. The molecule has 2 rings (SSSR count). The molecule has 1 aromatic heterocycles. The number of nitrogens with zero attached hydrogens (tertiary/aromatic N) is 1. The smallest absolute Gasteiger partial charge is 0.179 e. The first-order valence-electron chi connectivity index (χ1n) is 5.72. The van der Waals surface area contributed by atoms with E-state index in [4.69, 9.17) is 9.47 Å². The second-order valence-electron chi connectivity index (χ2n) is 5.29. The fourth-order valence-electron chi connectivity index (χ4n) is 1.45. The van der Waals surface area contributed by atoms with Gasteiger partial charge in [0.2, 0.25) is 0 Å². The molecule has 0 radical (unpaired) electrons. The van der Waals surface area contributed by atoms with E-state index in [-0.39, 0.29) is 5.41 Å². The largest absolute Gasteiger partial charge is 0.491 e. The van der Waals surface area contributed by atoms with Crippen molar-refractivity contribution in [1.82, 2.24) is 4.98 Å². The van der Waals surface area contributed by atoms with Gasteiger partial charge in [0.25, 0.3) is 0 Å². The van der Waals surface area contributed by atoms with Crippen molar-refractivity contribution in [3.63, 3.8) is 0 Å². The van der Waals surface area contributed by atoms with E-state index in [0.29, 0.717) is 6.10 Å².